The molecular weight excluding hydrogens is 989 g/mol. The minimum atomic E-state index is -2.48. The molecule has 15 heteroatoms. The van der Waals surface area contributed by atoms with E-state index in [0.29, 0.717) is 54.9 Å². The average molecular weight is 1070 g/mol. The number of hydrogen-bond donors (Lipinski definition) is 3. The number of carbonyl (C=O) groups is 3. The Morgan fingerprint density at radius 3 is 2.08 bits per heavy atom. The van der Waals surface area contributed by atoms with E-state index >= 15 is 0 Å². The molecule has 1 fully saturated rings. The third-order valence-corrected chi connectivity index (χ3v) is 19.0. The number of likely N-dealkylation sites (tertiary alicyclic amines) is 1. The van der Waals surface area contributed by atoms with Crippen LogP contribution in [0.3, 0.4) is 0 Å². The largest absolute Gasteiger partial charge is 0.487 e. The van der Waals surface area contributed by atoms with Crippen LogP contribution in [0.4, 0.5) is 15.3 Å². The van der Waals surface area contributed by atoms with Gasteiger partial charge >= 0.3 is 18.2 Å². The molecule has 0 radical (unpaired) electrons. The summed E-state index contributed by atoms with van der Waals surface area (Å²) in [6, 6.07) is 42.5. The standard InChI is InChI=1S/C62H78N4O10Si/c1-60(2,3)75-59(70)66(42-54(76-77(7,8)61(4,5)6)51-30-32-53(56-52(51)31-33-55(67)64-56)73-43-46-24-15-10-16-25-46)36-19-12-20-39-72-58(69)63-50-29-21-28-49(40-50)62(71,48-26-17-11-18-27-48)57(68)74-44-47-34-37-65(38-35-47)41-45-22-13-9-14-23-45/h9-11,13-18,21-33,40,47,54,71H,12,19-20,34-39,41-44H2,1-8H3,(H,63,69)(H,64,67)/t54-,62?/m0/s1. The third kappa shape index (κ3) is 16.1. The lowest BCUT2D eigenvalue weighted by atomic mass is 9.86. The zero-order valence-corrected chi connectivity index (χ0v) is 47.1. The van der Waals surface area contributed by atoms with Crippen LogP contribution in [0.25, 0.3) is 10.9 Å². The minimum absolute atomic E-state index is 0.101. The third-order valence-electron chi connectivity index (χ3n) is 14.5. The summed E-state index contributed by atoms with van der Waals surface area (Å²) in [5, 5.41) is 15.6. The van der Waals surface area contributed by atoms with E-state index in [4.69, 9.17) is 23.4 Å². The predicted octanol–water partition coefficient (Wildman–Crippen LogP) is 12.5. The highest BCUT2D eigenvalue weighted by Gasteiger charge is 2.43. The Labute approximate surface area is 455 Å². The first-order valence-corrected chi connectivity index (χ1v) is 29.8. The van der Waals surface area contributed by atoms with Gasteiger partial charge in [-0.2, -0.15) is 0 Å². The molecule has 6 aromatic rings. The summed E-state index contributed by atoms with van der Waals surface area (Å²) in [7, 11) is -2.48. The molecule has 0 bridgehead atoms. The highest BCUT2D eigenvalue weighted by Crippen LogP contribution is 2.42. The fourth-order valence-corrected chi connectivity index (χ4v) is 10.4. The predicted molar refractivity (Wildman–Crippen MR) is 304 cm³/mol. The summed E-state index contributed by atoms with van der Waals surface area (Å²) in [6.07, 6.45) is 1.66. The van der Waals surface area contributed by atoms with Gasteiger partial charge < -0.3 is 38.4 Å². The number of nitrogens with zero attached hydrogens (tertiary/aromatic N) is 2. The molecule has 14 nitrogen and oxygen atoms in total. The smallest absolute Gasteiger partial charge is 0.411 e. The highest BCUT2D eigenvalue weighted by molar-refractivity contribution is 6.74. The van der Waals surface area contributed by atoms with Crippen LogP contribution in [0, 0.1) is 5.92 Å². The molecule has 0 aliphatic carbocycles. The number of nitrogens with one attached hydrogen (secondary N) is 2. The van der Waals surface area contributed by atoms with Crippen molar-refractivity contribution >= 4 is 43.1 Å². The number of aliphatic hydroxyl groups is 1. The van der Waals surface area contributed by atoms with Crippen LogP contribution in [0.2, 0.25) is 18.1 Å². The second kappa shape index (κ2) is 26.0. The van der Waals surface area contributed by atoms with Gasteiger partial charge in [-0.3, -0.25) is 15.0 Å². The minimum Gasteiger partial charge on any atom is -0.487 e. The van der Waals surface area contributed by atoms with Crippen molar-refractivity contribution in [3.05, 3.63) is 178 Å². The van der Waals surface area contributed by atoms with Crippen LogP contribution in [-0.2, 0) is 42.2 Å². The summed E-state index contributed by atoms with van der Waals surface area (Å²) >= 11 is 0. The number of hydrogen-bond acceptors (Lipinski definition) is 11. The normalized spacial score (nSPS) is 14.8. The van der Waals surface area contributed by atoms with E-state index in [1.807, 2.05) is 87.5 Å². The Balaban J connectivity index is 0.974. The fourth-order valence-electron chi connectivity index (χ4n) is 9.15. The maximum atomic E-state index is 14.1. The van der Waals surface area contributed by atoms with Gasteiger partial charge in [0.05, 0.1) is 31.4 Å². The Morgan fingerprint density at radius 2 is 1.42 bits per heavy atom. The van der Waals surface area contributed by atoms with Gasteiger partial charge in [-0.15, -0.1) is 0 Å². The number of ether oxygens (including phenoxy) is 4. The molecule has 1 unspecified atom stereocenters. The maximum absolute atomic E-state index is 14.1. The van der Waals surface area contributed by atoms with Gasteiger partial charge in [-0.05, 0) is 137 Å². The number of amides is 2. The van der Waals surface area contributed by atoms with Crippen molar-refractivity contribution in [3.8, 4) is 5.75 Å². The summed E-state index contributed by atoms with van der Waals surface area (Å²) in [5.41, 5.74) is 1.34. The molecule has 1 saturated heterocycles. The van der Waals surface area contributed by atoms with E-state index < -0.39 is 43.8 Å². The van der Waals surface area contributed by atoms with Crippen molar-refractivity contribution < 1.29 is 42.9 Å². The zero-order chi connectivity index (χ0) is 55.2. The number of aromatic amines is 1. The number of benzene rings is 5. The first kappa shape index (κ1) is 57.9. The summed E-state index contributed by atoms with van der Waals surface area (Å²) in [5.74, 6) is -0.105. The van der Waals surface area contributed by atoms with Crippen molar-refractivity contribution in [2.75, 3.05) is 44.7 Å². The topological polar surface area (TPSA) is 169 Å². The van der Waals surface area contributed by atoms with Crippen molar-refractivity contribution in [2.45, 2.75) is 122 Å². The van der Waals surface area contributed by atoms with E-state index in [1.54, 1.807) is 59.5 Å². The maximum Gasteiger partial charge on any atom is 0.411 e. The Hall–Kier alpha value is -6.78. The van der Waals surface area contributed by atoms with Gasteiger partial charge in [0.15, 0.2) is 8.32 Å². The monoisotopic (exact) mass is 1070 g/mol. The van der Waals surface area contributed by atoms with Crippen LogP contribution >= 0.6 is 0 Å². The molecule has 5 aromatic carbocycles. The van der Waals surface area contributed by atoms with Gasteiger partial charge in [-0.1, -0.05) is 130 Å². The average Bonchev–Trinajstić information content (AvgIpc) is 3.45. The van der Waals surface area contributed by atoms with Gasteiger partial charge in [0.25, 0.3) is 0 Å². The molecule has 3 N–H and O–H groups in total. The van der Waals surface area contributed by atoms with Gasteiger partial charge in [0.2, 0.25) is 11.2 Å². The molecule has 410 valence electrons. The lowest BCUT2D eigenvalue weighted by Crippen LogP contribution is -2.46. The number of aromatic nitrogens is 1. The SMILES string of the molecule is CC(C)(C)OC(=O)N(CCCCCOC(=O)Nc1cccc(C(O)(C(=O)OCC2CCN(Cc3ccccc3)CC2)c2ccccc2)c1)C[C@H](O[Si](C)(C)C(C)(C)C)c1ccc(OCc2ccccc2)c2[nH]c(=O)ccc12. The number of rotatable bonds is 22. The molecule has 1 aromatic heterocycles. The van der Waals surface area contributed by atoms with E-state index in [0.717, 1.165) is 49.0 Å². The number of esters is 1. The van der Waals surface area contributed by atoms with Crippen molar-refractivity contribution in [1.82, 2.24) is 14.8 Å². The summed E-state index contributed by atoms with van der Waals surface area (Å²) < 4.78 is 31.0. The Bertz CT molecular complexity index is 2930. The quantitative estimate of drug-likeness (QED) is 0.0256. The number of H-pyrrole nitrogens is 1. The van der Waals surface area contributed by atoms with Crippen molar-refractivity contribution in [3.63, 3.8) is 0 Å². The number of pyridine rings is 1. The van der Waals surface area contributed by atoms with Crippen LogP contribution < -0.4 is 15.6 Å². The number of fused-ring (bicyclic) bond motifs is 1. The van der Waals surface area contributed by atoms with E-state index in [1.165, 1.54) is 11.6 Å². The van der Waals surface area contributed by atoms with Gasteiger partial charge in [0.1, 0.15) is 18.0 Å². The number of unbranched alkanes of at least 4 members (excludes halogenated alkanes) is 2. The van der Waals surface area contributed by atoms with Gasteiger partial charge in [-0.25, -0.2) is 14.4 Å². The molecule has 7 rings (SSSR count). The second-order valence-corrected chi connectivity index (χ2v) is 27.4. The number of piperidine rings is 1. The van der Waals surface area contributed by atoms with Crippen LogP contribution in [0.15, 0.2) is 144 Å². The number of carbonyl (C=O) groups excluding carboxylic acids is 3. The second-order valence-electron chi connectivity index (χ2n) is 22.6. The highest BCUT2D eigenvalue weighted by atomic mass is 28.4. The van der Waals surface area contributed by atoms with Crippen LogP contribution in [0.1, 0.15) is 108 Å². The van der Waals surface area contributed by atoms with Crippen LogP contribution in [0.5, 0.6) is 5.75 Å². The molecule has 1 aliphatic rings. The van der Waals surface area contributed by atoms with E-state index in [2.05, 4.69) is 61.2 Å². The molecule has 77 heavy (non-hydrogen) atoms. The van der Waals surface area contributed by atoms with Crippen LogP contribution in [-0.4, -0.2) is 91.4 Å². The zero-order valence-electron chi connectivity index (χ0n) is 46.1. The molecular formula is C62H78N4O10Si. The molecule has 2 amide bonds. The molecule has 1 aliphatic heterocycles. The lowest BCUT2D eigenvalue weighted by Gasteiger charge is -2.41. The van der Waals surface area contributed by atoms with Crippen molar-refractivity contribution in [2.24, 2.45) is 5.92 Å². The molecule has 0 spiro atoms. The Morgan fingerprint density at radius 1 is 0.766 bits per heavy atom. The summed E-state index contributed by atoms with van der Waals surface area (Å²) in [6.45, 7) is 20.1. The first-order valence-electron chi connectivity index (χ1n) is 26.9. The van der Waals surface area contributed by atoms with E-state index in [-0.39, 0.29) is 41.8 Å². The molecule has 2 atom stereocenters. The fraction of sp³-hybridized carbons (Fsp3) is 0.419. The Kier molecular flexibility index (Phi) is 19.6. The lowest BCUT2D eigenvalue weighted by molar-refractivity contribution is -0.164. The van der Waals surface area contributed by atoms with E-state index in [9.17, 15) is 24.3 Å². The van der Waals surface area contributed by atoms with Gasteiger partial charge in [0, 0.05) is 35.8 Å². The molecule has 2 heterocycles. The number of anilines is 1. The summed E-state index contributed by atoms with van der Waals surface area (Å²) in [4.78, 5) is 61.2. The van der Waals surface area contributed by atoms with Crippen molar-refractivity contribution in [1.29, 1.82) is 0 Å². The molecule has 0 saturated carbocycles. The first-order chi connectivity index (χ1) is 36.7.